The zero-order valence-corrected chi connectivity index (χ0v) is 15.6. The van der Waals surface area contributed by atoms with Crippen LogP contribution in [0.1, 0.15) is 13.8 Å². The second-order valence-corrected chi connectivity index (χ2v) is 8.44. The van der Waals surface area contributed by atoms with Gasteiger partial charge in [0.15, 0.2) is 5.01 Å². The molecule has 0 spiro atoms. The van der Waals surface area contributed by atoms with E-state index in [0.717, 1.165) is 5.56 Å². The Kier molecular flexibility index (Phi) is 5.75. The van der Waals surface area contributed by atoms with Crippen molar-refractivity contribution in [1.82, 2.24) is 15.2 Å². The predicted octanol–water partition coefficient (Wildman–Crippen LogP) is 2.50. The van der Waals surface area contributed by atoms with Crippen LogP contribution in [0, 0.1) is 16.9 Å². The van der Waals surface area contributed by atoms with E-state index in [0.29, 0.717) is 15.9 Å². The van der Waals surface area contributed by atoms with E-state index in [-0.39, 0.29) is 5.91 Å². The Morgan fingerprint density at radius 1 is 1.50 bits per heavy atom. The third-order valence-electron chi connectivity index (χ3n) is 3.26. The van der Waals surface area contributed by atoms with E-state index in [4.69, 9.17) is 5.26 Å². The van der Waals surface area contributed by atoms with Gasteiger partial charge in [0, 0.05) is 30.8 Å². The molecule has 1 amide bonds. The van der Waals surface area contributed by atoms with Gasteiger partial charge in [-0.15, -0.1) is 10.2 Å². The van der Waals surface area contributed by atoms with Gasteiger partial charge in [-0.25, -0.2) is 0 Å². The van der Waals surface area contributed by atoms with Crippen LogP contribution in [0.2, 0.25) is 0 Å². The molecule has 0 aliphatic rings. The van der Waals surface area contributed by atoms with Crippen LogP contribution in [0.25, 0.3) is 10.6 Å². The first kappa shape index (κ1) is 18.2. The fourth-order valence-electron chi connectivity index (χ4n) is 2.18. The van der Waals surface area contributed by atoms with Crippen molar-refractivity contribution in [1.29, 1.82) is 5.26 Å². The molecular formula is C15H18N6OS2. The highest BCUT2D eigenvalue weighted by molar-refractivity contribution is 7.86. The normalized spacial score (nSPS) is 12.6. The van der Waals surface area contributed by atoms with E-state index < -0.39 is 16.1 Å². The molecule has 2 aromatic rings. The van der Waals surface area contributed by atoms with Gasteiger partial charge in [0.25, 0.3) is 0 Å². The number of hydrogen-bond donors (Lipinski definition) is 0. The molecular weight excluding hydrogens is 344 g/mol. The molecule has 0 bridgehead atoms. The van der Waals surface area contributed by atoms with Gasteiger partial charge in [-0.1, -0.05) is 35.9 Å². The summed E-state index contributed by atoms with van der Waals surface area (Å²) in [5, 5.41) is 18.1. The van der Waals surface area contributed by atoms with Crippen molar-refractivity contribution in [2.45, 2.75) is 13.8 Å². The van der Waals surface area contributed by atoms with Crippen LogP contribution in [0.3, 0.4) is 0 Å². The molecule has 2 aromatic heterocycles. The van der Waals surface area contributed by atoms with Crippen LogP contribution < -0.4 is 4.90 Å². The fraction of sp³-hybridized carbons (Fsp3) is 0.400. The summed E-state index contributed by atoms with van der Waals surface area (Å²) in [6, 6.07) is 3.73. The minimum atomic E-state index is -0.646. The molecule has 0 aromatic carbocycles. The highest BCUT2D eigenvalue weighted by atomic mass is 32.2. The number of pyridine rings is 1. The number of nitrogens with zero attached hydrogens (tertiary/aromatic N) is 6. The molecule has 0 aliphatic carbocycles. The number of anilines is 1. The lowest BCUT2D eigenvalue weighted by Gasteiger charge is -2.27. The SMILES string of the molecule is CN(C(=O)C(C)(C)C/S(C)=N/C#N)c1nnc(-c2cccnc2)s1. The van der Waals surface area contributed by atoms with E-state index in [1.54, 1.807) is 25.6 Å². The maximum absolute atomic E-state index is 12.8. The summed E-state index contributed by atoms with van der Waals surface area (Å²) in [7, 11) is 1.21. The Morgan fingerprint density at radius 2 is 2.25 bits per heavy atom. The second-order valence-electron chi connectivity index (χ2n) is 5.82. The van der Waals surface area contributed by atoms with E-state index in [1.807, 2.05) is 32.2 Å². The summed E-state index contributed by atoms with van der Waals surface area (Å²) >= 11 is 1.34. The number of hydrogen-bond acceptors (Lipinski definition) is 7. The monoisotopic (exact) mass is 362 g/mol. The lowest BCUT2D eigenvalue weighted by molar-refractivity contribution is -0.125. The van der Waals surface area contributed by atoms with Crippen LogP contribution in [0.5, 0.6) is 0 Å². The molecule has 24 heavy (non-hydrogen) atoms. The van der Waals surface area contributed by atoms with E-state index >= 15 is 0 Å². The minimum Gasteiger partial charge on any atom is -0.289 e. The van der Waals surface area contributed by atoms with Crippen molar-refractivity contribution in [3.63, 3.8) is 0 Å². The van der Waals surface area contributed by atoms with Crippen LogP contribution >= 0.6 is 11.3 Å². The van der Waals surface area contributed by atoms with Crippen LogP contribution in [0.4, 0.5) is 5.13 Å². The number of carbonyl (C=O) groups is 1. The molecule has 2 rings (SSSR count). The Morgan fingerprint density at radius 3 is 2.88 bits per heavy atom. The minimum absolute atomic E-state index is 0.0797. The average Bonchev–Trinajstić information content (AvgIpc) is 3.04. The van der Waals surface area contributed by atoms with Gasteiger partial charge < -0.3 is 0 Å². The Balaban J connectivity index is 2.18. The fourth-order valence-corrected chi connectivity index (χ4v) is 4.35. The molecule has 126 valence electrons. The van der Waals surface area contributed by atoms with Crippen LogP contribution in [-0.2, 0) is 15.5 Å². The van der Waals surface area contributed by atoms with Gasteiger partial charge in [-0.3, -0.25) is 14.7 Å². The molecule has 0 aliphatic heterocycles. The molecule has 0 fully saturated rings. The van der Waals surface area contributed by atoms with E-state index in [2.05, 4.69) is 19.5 Å². The molecule has 0 N–H and O–H groups in total. The zero-order chi connectivity index (χ0) is 17.7. The zero-order valence-electron chi connectivity index (χ0n) is 13.9. The first-order valence-electron chi connectivity index (χ1n) is 7.09. The average molecular weight is 362 g/mol. The van der Waals surface area contributed by atoms with Crippen molar-refractivity contribution < 1.29 is 4.79 Å². The number of amides is 1. The van der Waals surface area contributed by atoms with Gasteiger partial charge >= 0.3 is 0 Å². The van der Waals surface area contributed by atoms with Crippen LogP contribution in [0.15, 0.2) is 28.9 Å². The molecule has 0 saturated heterocycles. The number of rotatable bonds is 5. The number of nitriles is 1. The number of carbonyl (C=O) groups excluding carboxylic acids is 1. The largest absolute Gasteiger partial charge is 0.289 e. The summed E-state index contributed by atoms with van der Waals surface area (Å²) in [5.41, 5.74) is 0.219. The lowest BCUT2D eigenvalue weighted by Crippen LogP contribution is -2.41. The summed E-state index contributed by atoms with van der Waals surface area (Å²) in [6.45, 7) is 3.70. The molecule has 7 nitrogen and oxygen atoms in total. The Bertz CT molecular complexity index is 794. The molecule has 0 radical (unpaired) electrons. The lowest BCUT2D eigenvalue weighted by atomic mass is 9.95. The Labute approximate surface area is 147 Å². The van der Waals surface area contributed by atoms with Gasteiger partial charge in [0.1, 0.15) is 0 Å². The summed E-state index contributed by atoms with van der Waals surface area (Å²) < 4.78 is 3.80. The Hall–Kier alpha value is -2.18. The van der Waals surface area contributed by atoms with Crippen molar-refractivity contribution in [2.24, 2.45) is 9.78 Å². The van der Waals surface area contributed by atoms with Crippen molar-refractivity contribution in [3.8, 4) is 16.8 Å². The van der Waals surface area contributed by atoms with Crippen molar-refractivity contribution in [3.05, 3.63) is 24.5 Å². The van der Waals surface area contributed by atoms with Crippen molar-refractivity contribution >= 4 is 33.1 Å². The first-order chi connectivity index (χ1) is 11.3. The molecule has 1 unspecified atom stereocenters. The summed E-state index contributed by atoms with van der Waals surface area (Å²) in [4.78, 5) is 18.4. The summed E-state index contributed by atoms with van der Waals surface area (Å²) in [5.74, 6) is 0.432. The van der Waals surface area contributed by atoms with E-state index in [9.17, 15) is 4.79 Å². The third kappa shape index (κ3) is 4.21. The highest BCUT2D eigenvalue weighted by Crippen LogP contribution is 2.30. The standard InChI is InChI=1S/C15H18N6OS2/c1-15(2,9-24(4)18-10-16)13(22)21(3)14-20-19-12(23-14)11-6-5-7-17-8-11/h5-8H,9H2,1-4H3. The van der Waals surface area contributed by atoms with Crippen LogP contribution in [-0.4, -0.2) is 40.1 Å². The quantitative estimate of drug-likeness (QED) is 0.762. The smallest absolute Gasteiger partial charge is 0.235 e. The number of aromatic nitrogens is 3. The van der Waals surface area contributed by atoms with Gasteiger partial charge in [0.2, 0.25) is 17.2 Å². The molecule has 1 atom stereocenters. The van der Waals surface area contributed by atoms with E-state index in [1.165, 1.54) is 16.2 Å². The maximum Gasteiger partial charge on any atom is 0.235 e. The molecule has 0 saturated carbocycles. The van der Waals surface area contributed by atoms with Crippen molar-refractivity contribution in [2.75, 3.05) is 24.0 Å². The topological polar surface area (TPSA) is 95.1 Å². The first-order valence-corrected chi connectivity index (χ1v) is 9.67. The molecule has 2 heterocycles. The highest BCUT2D eigenvalue weighted by Gasteiger charge is 2.33. The maximum atomic E-state index is 12.8. The van der Waals surface area contributed by atoms with Gasteiger partial charge in [-0.05, 0) is 18.4 Å². The third-order valence-corrected chi connectivity index (χ3v) is 5.84. The van der Waals surface area contributed by atoms with Gasteiger partial charge in [0.05, 0.1) is 5.41 Å². The molecule has 9 heteroatoms. The van der Waals surface area contributed by atoms with Gasteiger partial charge in [-0.2, -0.15) is 9.62 Å². The summed E-state index contributed by atoms with van der Waals surface area (Å²) in [6.07, 6.45) is 7.05. The predicted molar refractivity (Wildman–Crippen MR) is 96.5 cm³/mol. The second kappa shape index (κ2) is 7.59.